The summed E-state index contributed by atoms with van der Waals surface area (Å²) in [6, 6.07) is 4.84. The molecule has 0 saturated heterocycles. The van der Waals surface area contributed by atoms with Crippen molar-refractivity contribution in [1.29, 1.82) is 0 Å². The van der Waals surface area contributed by atoms with Crippen LogP contribution in [-0.2, 0) is 19.0 Å². The van der Waals surface area contributed by atoms with Crippen molar-refractivity contribution in [2.45, 2.75) is 13.8 Å². The van der Waals surface area contributed by atoms with Gasteiger partial charge in [0.25, 0.3) is 5.91 Å². The summed E-state index contributed by atoms with van der Waals surface area (Å²) in [7, 11) is 1.18. The van der Waals surface area contributed by atoms with Crippen molar-refractivity contribution in [2.24, 2.45) is 0 Å². The molecule has 0 fully saturated rings. The molecule has 0 spiro atoms. The van der Waals surface area contributed by atoms with Crippen LogP contribution in [-0.4, -0.2) is 54.1 Å². The summed E-state index contributed by atoms with van der Waals surface area (Å²) in [5, 5.41) is 2.59. The highest BCUT2D eigenvalue weighted by molar-refractivity contribution is 7.18. The first-order valence-corrected chi connectivity index (χ1v) is 10.2. The Morgan fingerprint density at radius 3 is 2.50 bits per heavy atom. The molecular weight excluding hydrogens is 438 g/mol. The first kappa shape index (κ1) is 22.8. The minimum absolute atomic E-state index is 0.0320. The van der Waals surface area contributed by atoms with Gasteiger partial charge >= 0.3 is 17.9 Å². The molecule has 10 nitrogen and oxygen atoms in total. The zero-order valence-electron chi connectivity index (χ0n) is 17.5. The van der Waals surface area contributed by atoms with Gasteiger partial charge in [-0.15, -0.1) is 11.3 Å². The molecule has 0 aliphatic rings. The Labute approximate surface area is 186 Å². The number of aromatic nitrogens is 2. The molecule has 1 amide bonds. The van der Waals surface area contributed by atoms with E-state index in [1.165, 1.54) is 25.6 Å². The number of benzene rings is 1. The molecular formula is C21H19N3O7S. The standard InChI is InChI=1S/C21H19N3O7S/c1-4-30-21(28)17-11(2)15(20(27)29-3)18(32-17)24-14(25)10-31-19(26)12-6-5-7-13-16(12)23-9-8-22-13/h5-9H,4,10H2,1-3H3,(H,24,25). The lowest BCUT2D eigenvalue weighted by atomic mass is 10.1. The first-order valence-electron chi connectivity index (χ1n) is 9.42. The normalized spacial score (nSPS) is 10.5. The monoisotopic (exact) mass is 457 g/mol. The van der Waals surface area contributed by atoms with Gasteiger partial charge in [-0.1, -0.05) is 6.07 Å². The fourth-order valence-corrected chi connectivity index (χ4v) is 3.97. The Morgan fingerprint density at radius 2 is 1.78 bits per heavy atom. The van der Waals surface area contributed by atoms with Gasteiger partial charge in [0.1, 0.15) is 15.4 Å². The summed E-state index contributed by atoms with van der Waals surface area (Å²) in [5.74, 6) is -2.81. The molecule has 0 unspecified atom stereocenters. The van der Waals surface area contributed by atoms with Gasteiger partial charge in [-0.2, -0.15) is 0 Å². The predicted octanol–water partition coefficient (Wildman–Crippen LogP) is 2.76. The van der Waals surface area contributed by atoms with Gasteiger partial charge in [0.05, 0.1) is 30.4 Å². The second-order valence-corrected chi connectivity index (χ2v) is 7.35. The number of fused-ring (bicyclic) bond motifs is 1. The fraction of sp³-hybridized carbons (Fsp3) is 0.238. The number of amides is 1. The van der Waals surface area contributed by atoms with Crippen LogP contribution in [0.1, 0.15) is 42.9 Å². The number of rotatable bonds is 7. The Kier molecular flexibility index (Phi) is 7.11. The smallest absolute Gasteiger partial charge is 0.348 e. The molecule has 0 saturated carbocycles. The van der Waals surface area contributed by atoms with Crippen molar-refractivity contribution in [3.63, 3.8) is 0 Å². The second kappa shape index (κ2) is 9.96. The molecule has 3 rings (SSSR count). The lowest BCUT2D eigenvalue weighted by molar-refractivity contribution is -0.119. The van der Waals surface area contributed by atoms with E-state index in [1.807, 2.05) is 0 Å². The number of para-hydroxylation sites is 1. The molecule has 11 heteroatoms. The molecule has 3 aromatic rings. The van der Waals surface area contributed by atoms with E-state index in [9.17, 15) is 19.2 Å². The average molecular weight is 457 g/mol. The highest BCUT2D eigenvalue weighted by Gasteiger charge is 2.27. The summed E-state index contributed by atoms with van der Waals surface area (Å²) < 4.78 is 14.8. The van der Waals surface area contributed by atoms with Crippen LogP contribution >= 0.6 is 11.3 Å². The molecule has 2 aromatic heterocycles. The number of ether oxygens (including phenoxy) is 3. The van der Waals surface area contributed by atoms with E-state index >= 15 is 0 Å². The maximum atomic E-state index is 12.5. The van der Waals surface area contributed by atoms with Gasteiger partial charge in [-0.25, -0.2) is 14.4 Å². The van der Waals surface area contributed by atoms with Crippen molar-refractivity contribution in [3.8, 4) is 0 Å². The van der Waals surface area contributed by atoms with Gasteiger partial charge in [-0.3, -0.25) is 14.8 Å². The van der Waals surface area contributed by atoms with Crippen molar-refractivity contribution in [2.75, 3.05) is 25.6 Å². The van der Waals surface area contributed by atoms with Crippen LogP contribution in [0.15, 0.2) is 30.6 Å². The maximum Gasteiger partial charge on any atom is 0.348 e. The predicted molar refractivity (Wildman–Crippen MR) is 115 cm³/mol. The van der Waals surface area contributed by atoms with E-state index in [0.717, 1.165) is 11.3 Å². The van der Waals surface area contributed by atoms with Crippen LogP contribution in [0, 0.1) is 6.92 Å². The highest BCUT2D eigenvalue weighted by atomic mass is 32.1. The zero-order valence-corrected chi connectivity index (χ0v) is 18.3. The van der Waals surface area contributed by atoms with E-state index in [0.29, 0.717) is 16.6 Å². The van der Waals surface area contributed by atoms with E-state index in [1.54, 1.807) is 26.0 Å². The maximum absolute atomic E-state index is 12.5. The second-order valence-electron chi connectivity index (χ2n) is 6.33. The molecule has 0 atom stereocenters. The molecule has 32 heavy (non-hydrogen) atoms. The quantitative estimate of drug-likeness (QED) is 0.420. The van der Waals surface area contributed by atoms with Gasteiger partial charge in [0.2, 0.25) is 0 Å². The number of carbonyl (C=O) groups is 4. The number of esters is 3. The number of nitrogens with zero attached hydrogens (tertiary/aromatic N) is 2. The number of thiophene rings is 1. The zero-order chi connectivity index (χ0) is 23.3. The minimum atomic E-state index is -0.756. The van der Waals surface area contributed by atoms with Gasteiger partial charge in [0.15, 0.2) is 6.61 Å². The minimum Gasteiger partial charge on any atom is -0.465 e. The van der Waals surface area contributed by atoms with Gasteiger partial charge in [0, 0.05) is 12.4 Å². The fourth-order valence-electron chi connectivity index (χ4n) is 2.87. The van der Waals surface area contributed by atoms with Crippen LogP contribution in [0.5, 0.6) is 0 Å². The largest absolute Gasteiger partial charge is 0.465 e. The number of nitrogens with one attached hydrogen (secondary N) is 1. The van der Waals surface area contributed by atoms with E-state index in [2.05, 4.69) is 15.3 Å². The van der Waals surface area contributed by atoms with E-state index in [-0.39, 0.29) is 27.6 Å². The lowest BCUT2D eigenvalue weighted by Crippen LogP contribution is -2.21. The molecule has 0 radical (unpaired) electrons. The summed E-state index contributed by atoms with van der Waals surface area (Å²) >= 11 is 0.873. The summed E-state index contributed by atoms with van der Waals surface area (Å²) in [5.41, 5.74) is 1.37. The van der Waals surface area contributed by atoms with Crippen LogP contribution in [0.25, 0.3) is 11.0 Å². The number of hydrogen-bond donors (Lipinski definition) is 1. The third-order valence-corrected chi connectivity index (χ3v) is 5.49. The molecule has 1 aromatic carbocycles. The third kappa shape index (κ3) is 4.72. The lowest BCUT2D eigenvalue weighted by Gasteiger charge is -2.08. The van der Waals surface area contributed by atoms with E-state index < -0.39 is 30.4 Å². The number of hydrogen-bond acceptors (Lipinski definition) is 10. The van der Waals surface area contributed by atoms with Gasteiger partial charge < -0.3 is 19.5 Å². The number of carbonyl (C=O) groups excluding carboxylic acids is 4. The topological polar surface area (TPSA) is 134 Å². The SMILES string of the molecule is CCOC(=O)c1sc(NC(=O)COC(=O)c2cccc3nccnc23)c(C(=O)OC)c1C. The Morgan fingerprint density at radius 1 is 1.03 bits per heavy atom. The summed E-state index contributed by atoms with van der Waals surface area (Å²) in [4.78, 5) is 57.6. The van der Waals surface area contributed by atoms with Crippen LogP contribution in [0.4, 0.5) is 5.00 Å². The first-order chi connectivity index (χ1) is 15.4. The summed E-state index contributed by atoms with van der Waals surface area (Å²) in [6.45, 7) is 2.73. The molecule has 2 heterocycles. The average Bonchev–Trinajstić information content (AvgIpc) is 3.12. The van der Waals surface area contributed by atoms with Crippen molar-refractivity contribution < 1.29 is 33.4 Å². The van der Waals surface area contributed by atoms with Crippen molar-refractivity contribution in [3.05, 3.63) is 52.2 Å². The molecule has 166 valence electrons. The third-order valence-electron chi connectivity index (χ3n) is 4.30. The van der Waals surface area contributed by atoms with Crippen LogP contribution < -0.4 is 5.32 Å². The summed E-state index contributed by atoms with van der Waals surface area (Å²) in [6.07, 6.45) is 2.94. The highest BCUT2D eigenvalue weighted by Crippen LogP contribution is 2.34. The van der Waals surface area contributed by atoms with Crippen LogP contribution in [0.2, 0.25) is 0 Å². The molecule has 0 bridgehead atoms. The number of methoxy groups -OCH3 is 1. The molecule has 0 aliphatic heterocycles. The van der Waals surface area contributed by atoms with Crippen LogP contribution in [0.3, 0.4) is 0 Å². The number of anilines is 1. The Balaban J connectivity index is 1.75. The Hall–Kier alpha value is -3.86. The Bertz CT molecular complexity index is 1200. The van der Waals surface area contributed by atoms with Crippen molar-refractivity contribution >= 4 is 51.2 Å². The molecule has 1 N–H and O–H groups in total. The molecule has 0 aliphatic carbocycles. The van der Waals surface area contributed by atoms with Gasteiger partial charge in [-0.05, 0) is 31.5 Å². The van der Waals surface area contributed by atoms with Crippen molar-refractivity contribution in [1.82, 2.24) is 9.97 Å². The van der Waals surface area contributed by atoms with E-state index in [4.69, 9.17) is 14.2 Å².